The van der Waals surface area contributed by atoms with Gasteiger partial charge < -0.3 is 14.7 Å². The quantitative estimate of drug-likeness (QED) is 0.202. The van der Waals surface area contributed by atoms with Crippen molar-refractivity contribution >= 4 is 17.8 Å². The summed E-state index contributed by atoms with van der Waals surface area (Å²) in [4.78, 5) is 41.1. The number of hydrogen-bond donors (Lipinski definition) is 1. The summed E-state index contributed by atoms with van der Waals surface area (Å²) in [6, 6.07) is 0.506. The van der Waals surface area contributed by atoms with E-state index in [1.807, 2.05) is 13.8 Å². The summed E-state index contributed by atoms with van der Waals surface area (Å²) >= 11 is 0. The second kappa shape index (κ2) is 12.1. The second-order valence-corrected chi connectivity index (χ2v) is 21.4. The van der Waals surface area contributed by atoms with Crippen LogP contribution >= 0.6 is 0 Å². The molecule has 1 saturated heterocycles. The number of likely N-dealkylation sites (tertiary alicyclic amines) is 1. The van der Waals surface area contributed by atoms with E-state index in [1.54, 1.807) is 0 Å². The average Bonchev–Trinajstić information content (AvgIpc) is 3.73. The summed E-state index contributed by atoms with van der Waals surface area (Å²) in [7, 11) is 0. The van der Waals surface area contributed by atoms with Gasteiger partial charge in [-0.05, 0) is 153 Å². The van der Waals surface area contributed by atoms with E-state index in [2.05, 4.69) is 53.0 Å². The zero-order chi connectivity index (χ0) is 36.2. The number of esters is 1. The highest BCUT2D eigenvalue weighted by Crippen LogP contribution is 2.78. The summed E-state index contributed by atoms with van der Waals surface area (Å²) in [5.41, 5.74) is 1.34. The van der Waals surface area contributed by atoms with Crippen molar-refractivity contribution < 1.29 is 24.2 Å². The van der Waals surface area contributed by atoms with E-state index in [1.165, 1.54) is 69.8 Å². The molecule has 2 unspecified atom stereocenters. The standard InChI is InChI=1S/C44H69NO5/c1-27(2)30-14-19-44(23-35(46)45-26-28-10-11-29(45)22-28)21-20-42(8)31(38(30)44)12-13-33-41(7)17-16-34(40(5,6)32(41)15-18-43(33,42)9)50-37(49)25-39(3,4)24-36(47)48/h28-34,38H,1,10-26H2,2-9H3,(H,47,48)/t28?,29?,30-,31+,32-,33+,34-,38+,41-,42+,43+,44+/m0/s1. The maximum Gasteiger partial charge on any atom is 0.306 e. The van der Waals surface area contributed by atoms with Gasteiger partial charge in [0, 0.05) is 24.4 Å². The van der Waals surface area contributed by atoms with Crippen molar-refractivity contribution in [1.29, 1.82) is 0 Å². The molecule has 0 aromatic rings. The molecule has 0 aromatic heterocycles. The van der Waals surface area contributed by atoms with Gasteiger partial charge in [-0.15, -0.1) is 0 Å². The second-order valence-electron chi connectivity index (χ2n) is 21.4. The number of carboxylic acid groups (broad SMARTS) is 1. The Kier molecular flexibility index (Phi) is 8.82. The fraction of sp³-hybridized carbons (Fsp3) is 0.886. The summed E-state index contributed by atoms with van der Waals surface area (Å²) in [6.45, 7) is 24.2. The van der Waals surface area contributed by atoms with Gasteiger partial charge in [-0.2, -0.15) is 0 Å². The van der Waals surface area contributed by atoms with Gasteiger partial charge in [0.15, 0.2) is 0 Å². The topological polar surface area (TPSA) is 83.9 Å². The van der Waals surface area contributed by atoms with Crippen molar-refractivity contribution in [2.45, 2.75) is 170 Å². The Bertz CT molecular complexity index is 1420. The Labute approximate surface area is 303 Å². The van der Waals surface area contributed by atoms with Crippen molar-refractivity contribution in [3.8, 4) is 0 Å². The summed E-state index contributed by atoms with van der Waals surface area (Å²) in [6.07, 6.45) is 16.1. The van der Waals surface area contributed by atoms with Gasteiger partial charge >= 0.3 is 11.9 Å². The predicted octanol–water partition coefficient (Wildman–Crippen LogP) is 9.85. The van der Waals surface area contributed by atoms with E-state index >= 15 is 0 Å². The maximum atomic E-state index is 14.2. The van der Waals surface area contributed by atoms with E-state index in [4.69, 9.17) is 4.74 Å². The summed E-state index contributed by atoms with van der Waals surface area (Å²) in [5.74, 6) is 2.89. The van der Waals surface area contributed by atoms with Gasteiger partial charge in [0.05, 0.1) is 12.8 Å². The molecule has 6 heteroatoms. The lowest BCUT2D eigenvalue weighted by molar-refractivity contribution is -0.250. The zero-order valence-electron chi connectivity index (χ0n) is 32.9. The molecule has 6 nitrogen and oxygen atoms in total. The van der Waals surface area contributed by atoms with Gasteiger partial charge in [0.2, 0.25) is 5.91 Å². The fourth-order valence-corrected chi connectivity index (χ4v) is 15.5. The number of carboxylic acids is 1. The third kappa shape index (κ3) is 5.47. The molecule has 1 aliphatic heterocycles. The first-order valence-corrected chi connectivity index (χ1v) is 20.6. The molecule has 0 spiro atoms. The molecule has 1 N–H and O–H groups in total. The van der Waals surface area contributed by atoms with Gasteiger partial charge in [0.1, 0.15) is 6.10 Å². The zero-order valence-corrected chi connectivity index (χ0v) is 32.9. The van der Waals surface area contributed by atoms with Gasteiger partial charge in [-0.3, -0.25) is 14.4 Å². The molecule has 1 heterocycles. The van der Waals surface area contributed by atoms with Crippen molar-refractivity contribution in [3.05, 3.63) is 12.2 Å². The monoisotopic (exact) mass is 692 g/mol. The Balaban J connectivity index is 1.12. The van der Waals surface area contributed by atoms with Gasteiger partial charge in [0.25, 0.3) is 0 Å². The minimum absolute atomic E-state index is 0.0401. The molecule has 0 radical (unpaired) electrons. The maximum absolute atomic E-state index is 14.2. The van der Waals surface area contributed by atoms with Crippen molar-refractivity contribution in [3.63, 3.8) is 0 Å². The third-order valence-electron chi connectivity index (χ3n) is 17.9. The largest absolute Gasteiger partial charge is 0.481 e. The number of rotatable bonds is 8. The minimum atomic E-state index is -0.876. The lowest BCUT2D eigenvalue weighted by Crippen LogP contribution is -2.67. The molecule has 7 fully saturated rings. The van der Waals surface area contributed by atoms with E-state index in [0.29, 0.717) is 41.5 Å². The van der Waals surface area contributed by atoms with Crippen LogP contribution in [0.2, 0.25) is 0 Å². The van der Waals surface area contributed by atoms with E-state index in [-0.39, 0.29) is 52.0 Å². The molecule has 6 aliphatic carbocycles. The Morgan fingerprint density at radius 2 is 1.58 bits per heavy atom. The van der Waals surface area contributed by atoms with Crippen LogP contribution in [-0.2, 0) is 19.1 Å². The van der Waals surface area contributed by atoms with Crippen molar-refractivity contribution in [2.75, 3.05) is 6.54 Å². The first-order valence-electron chi connectivity index (χ1n) is 20.6. The first kappa shape index (κ1) is 36.5. The highest BCUT2D eigenvalue weighted by atomic mass is 16.5. The Hall–Kier alpha value is -1.85. The smallest absolute Gasteiger partial charge is 0.306 e. The Morgan fingerprint density at radius 3 is 2.22 bits per heavy atom. The van der Waals surface area contributed by atoms with Crippen LogP contribution in [0.4, 0.5) is 0 Å². The van der Waals surface area contributed by atoms with Crippen LogP contribution < -0.4 is 0 Å². The normalized spacial score (nSPS) is 46.0. The number of amides is 1. The average molecular weight is 692 g/mol. The molecule has 0 aromatic carbocycles. The molecule has 7 rings (SSSR count). The number of carbonyl (C=O) groups excluding carboxylic acids is 2. The number of ether oxygens (including phenoxy) is 1. The third-order valence-corrected chi connectivity index (χ3v) is 17.9. The lowest BCUT2D eigenvalue weighted by Gasteiger charge is -2.73. The number of piperidine rings is 1. The fourth-order valence-electron chi connectivity index (χ4n) is 15.5. The van der Waals surface area contributed by atoms with Crippen LogP contribution in [0.1, 0.15) is 158 Å². The lowest BCUT2D eigenvalue weighted by atomic mass is 9.32. The SMILES string of the molecule is C=C(C)[C@@H]1CC[C@]2(CC(=O)N3CC4CCC3C4)CC[C@]3(C)[C@H](CC[C@@H]4[C@@]5(C)CC[C@H](OC(=O)CC(C)(C)CC(=O)O)C(C)(C)[C@@H]5CC[C@]43C)[C@@H]12. The molecule has 50 heavy (non-hydrogen) atoms. The van der Waals surface area contributed by atoms with Crippen LogP contribution in [0.15, 0.2) is 12.2 Å². The number of carbonyl (C=O) groups is 3. The van der Waals surface area contributed by atoms with Crippen molar-refractivity contribution in [1.82, 2.24) is 4.90 Å². The van der Waals surface area contributed by atoms with Crippen LogP contribution in [0.3, 0.4) is 0 Å². The van der Waals surface area contributed by atoms with E-state index in [9.17, 15) is 19.5 Å². The minimum Gasteiger partial charge on any atom is -0.481 e. The van der Waals surface area contributed by atoms with E-state index in [0.717, 1.165) is 38.1 Å². The highest BCUT2D eigenvalue weighted by molar-refractivity contribution is 5.78. The molecular weight excluding hydrogens is 622 g/mol. The molecule has 2 bridgehead atoms. The first-order chi connectivity index (χ1) is 23.3. The number of fused-ring (bicyclic) bond motifs is 9. The number of aliphatic carboxylic acids is 1. The highest BCUT2D eigenvalue weighted by Gasteiger charge is 2.71. The molecule has 7 aliphatic rings. The molecular formula is C44H69NO5. The van der Waals surface area contributed by atoms with Crippen LogP contribution in [0, 0.1) is 68.0 Å². The number of hydrogen-bond acceptors (Lipinski definition) is 4. The summed E-state index contributed by atoms with van der Waals surface area (Å²) in [5, 5.41) is 9.35. The molecule has 1 amide bonds. The van der Waals surface area contributed by atoms with Gasteiger partial charge in [-0.1, -0.05) is 60.6 Å². The molecule has 6 saturated carbocycles. The van der Waals surface area contributed by atoms with Crippen LogP contribution in [-0.4, -0.2) is 46.5 Å². The van der Waals surface area contributed by atoms with Gasteiger partial charge in [-0.25, -0.2) is 0 Å². The predicted molar refractivity (Wildman–Crippen MR) is 197 cm³/mol. The van der Waals surface area contributed by atoms with Crippen LogP contribution in [0.5, 0.6) is 0 Å². The molecule has 280 valence electrons. The number of nitrogens with zero attached hydrogens (tertiary/aromatic N) is 1. The summed E-state index contributed by atoms with van der Waals surface area (Å²) < 4.78 is 6.29. The van der Waals surface area contributed by atoms with Crippen molar-refractivity contribution in [2.24, 2.45) is 68.0 Å². The van der Waals surface area contributed by atoms with Crippen LogP contribution in [0.25, 0.3) is 0 Å². The Morgan fingerprint density at radius 1 is 0.840 bits per heavy atom. The van der Waals surface area contributed by atoms with E-state index < -0.39 is 11.4 Å². The number of allylic oxidation sites excluding steroid dienone is 1. The molecule has 12 atom stereocenters.